The molecule has 9 heteroatoms. The Morgan fingerprint density at radius 2 is 1.69 bits per heavy atom. The first-order valence-electron chi connectivity index (χ1n) is 14.1. The lowest BCUT2D eigenvalue weighted by molar-refractivity contribution is -0.140. The number of pyridine rings is 1. The molecule has 1 fully saturated rings. The molecule has 0 unspecified atom stereocenters. The van der Waals surface area contributed by atoms with Crippen LogP contribution in [0.25, 0.3) is 45.2 Å². The van der Waals surface area contributed by atoms with Crippen molar-refractivity contribution in [3.05, 3.63) is 84.3 Å². The van der Waals surface area contributed by atoms with Gasteiger partial charge in [0.25, 0.3) is 0 Å². The number of nitrogens with two attached hydrogens (primary N) is 1. The Bertz CT molecular complexity index is 1730. The Kier molecular flexibility index (Phi) is 7.33. The Morgan fingerprint density at radius 3 is 2.40 bits per heavy atom. The van der Waals surface area contributed by atoms with Crippen molar-refractivity contribution in [2.45, 2.75) is 39.7 Å². The first kappa shape index (κ1) is 27.7. The maximum atomic E-state index is 12.7. The zero-order valence-electron chi connectivity index (χ0n) is 23.9. The Hall–Kier alpha value is -4.43. The summed E-state index contributed by atoms with van der Waals surface area (Å²) in [6.07, 6.45) is 7.33. The number of aromatic nitrogens is 4. The first-order valence-corrected chi connectivity index (χ1v) is 14.5. The summed E-state index contributed by atoms with van der Waals surface area (Å²) in [6, 6.07) is 19.5. The second kappa shape index (κ2) is 11.1. The number of hydrogen-bond acceptors (Lipinski definition) is 6. The summed E-state index contributed by atoms with van der Waals surface area (Å²) in [6.45, 7) is 7.36. The van der Waals surface area contributed by atoms with Gasteiger partial charge in [-0.3, -0.25) is 9.48 Å². The van der Waals surface area contributed by atoms with E-state index in [0.717, 1.165) is 48.2 Å². The van der Waals surface area contributed by atoms with Crippen molar-refractivity contribution in [3.8, 4) is 45.2 Å². The van der Waals surface area contributed by atoms with E-state index in [0.29, 0.717) is 33.7 Å². The molecular formula is C33H33ClN6O2. The maximum Gasteiger partial charge on any atom is 0.231 e. The lowest BCUT2D eigenvalue weighted by Crippen LogP contribution is -2.44. The average Bonchev–Trinajstić information content (AvgIpc) is 3.66. The fraction of sp³-hybridized carbons (Fsp3) is 0.273. The van der Waals surface area contributed by atoms with Crippen LogP contribution in [0.3, 0.4) is 0 Å². The van der Waals surface area contributed by atoms with Gasteiger partial charge in [0.15, 0.2) is 5.76 Å². The number of carbonyl (C=O) groups is 1. The molecule has 42 heavy (non-hydrogen) atoms. The highest BCUT2D eigenvalue weighted by Gasteiger charge is 2.31. The quantitative estimate of drug-likeness (QED) is 0.233. The van der Waals surface area contributed by atoms with E-state index in [1.165, 1.54) is 0 Å². The summed E-state index contributed by atoms with van der Waals surface area (Å²) in [5.74, 6) is 1.50. The highest BCUT2D eigenvalue weighted by molar-refractivity contribution is 6.30. The van der Waals surface area contributed by atoms with Crippen molar-refractivity contribution >= 4 is 23.3 Å². The van der Waals surface area contributed by atoms with Gasteiger partial charge in [0.1, 0.15) is 11.5 Å². The summed E-state index contributed by atoms with van der Waals surface area (Å²) < 4.78 is 8.38. The van der Waals surface area contributed by atoms with Gasteiger partial charge in [0, 0.05) is 58.2 Å². The molecule has 2 N–H and O–H groups in total. The SMILES string of the molecule is CC(C)(C)C(=O)N1CCC(n2cc(-c3cnc(N)c(-c4nc(-c5ccccc5)c(-c5cccc(Cl)c5)o4)c3)cn2)CC1. The van der Waals surface area contributed by atoms with Crippen LogP contribution in [0.15, 0.2) is 83.7 Å². The van der Waals surface area contributed by atoms with Crippen LogP contribution in [0.2, 0.25) is 5.02 Å². The third-order valence-electron chi connectivity index (χ3n) is 7.61. The van der Waals surface area contributed by atoms with Gasteiger partial charge in [-0.25, -0.2) is 9.97 Å². The third-order valence-corrected chi connectivity index (χ3v) is 7.85. The van der Waals surface area contributed by atoms with Gasteiger partial charge >= 0.3 is 0 Å². The number of nitrogens with zero attached hydrogens (tertiary/aromatic N) is 5. The van der Waals surface area contributed by atoms with E-state index in [1.54, 1.807) is 6.20 Å². The molecule has 0 saturated carbocycles. The van der Waals surface area contributed by atoms with Crippen LogP contribution in [-0.4, -0.2) is 43.6 Å². The molecule has 0 radical (unpaired) electrons. The van der Waals surface area contributed by atoms with Crippen LogP contribution < -0.4 is 5.73 Å². The number of nitrogen functional groups attached to an aromatic ring is 1. The predicted octanol–water partition coefficient (Wildman–Crippen LogP) is 7.38. The Labute approximate surface area is 250 Å². The number of likely N-dealkylation sites (tertiary alicyclic amines) is 1. The van der Waals surface area contributed by atoms with Crippen LogP contribution in [0.4, 0.5) is 5.82 Å². The highest BCUT2D eigenvalue weighted by Crippen LogP contribution is 2.39. The molecule has 1 saturated heterocycles. The van der Waals surface area contributed by atoms with E-state index in [4.69, 9.17) is 26.7 Å². The Morgan fingerprint density at radius 1 is 0.952 bits per heavy atom. The number of oxazole rings is 1. The summed E-state index contributed by atoms with van der Waals surface area (Å²) in [5.41, 5.74) is 10.8. The van der Waals surface area contributed by atoms with Gasteiger partial charge in [0.2, 0.25) is 11.8 Å². The van der Waals surface area contributed by atoms with E-state index < -0.39 is 0 Å². The van der Waals surface area contributed by atoms with Gasteiger partial charge in [-0.05, 0) is 31.0 Å². The number of hydrogen-bond donors (Lipinski definition) is 1. The molecule has 1 aliphatic heterocycles. The lowest BCUT2D eigenvalue weighted by atomic mass is 9.93. The molecule has 0 atom stereocenters. The van der Waals surface area contributed by atoms with Crippen molar-refractivity contribution in [2.75, 3.05) is 18.8 Å². The largest absolute Gasteiger partial charge is 0.435 e. The summed E-state index contributed by atoms with van der Waals surface area (Å²) in [7, 11) is 0. The van der Waals surface area contributed by atoms with Crippen LogP contribution in [0, 0.1) is 5.41 Å². The van der Waals surface area contributed by atoms with Crippen molar-refractivity contribution < 1.29 is 9.21 Å². The van der Waals surface area contributed by atoms with Gasteiger partial charge in [0.05, 0.1) is 17.8 Å². The van der Waals surface area contributed by atoms with Crippen LogP contribution in [0.1, 0.15) is 39.7 Å². The number of benzene rings is 2. The van der Waals surface area contributed by atoms with Crippen LogP contribution in [-0.2, 0) is 4.79 Å². The molecule has 0 spiro atoms. The number of carbonyl (C=O) groups excluding carboxylic acids is 1. The first-order chi connectivity index (χ1) is 20.2. The molecule has 214 valence electrons. The normalized spacial score (nSPS) is 14.3. The van der Waals surface area contributed by atoms with E-state index in [9.17, 15) is 4.79 Å². The number of halogens is 1. The molecule has 1 aliphatic rings. The number of piperidine rings is 1. The fourth-order valence-electron chi connectivity index (χ4n) is 5.35. The van der Waals surface area contributed by atoms with Gasteiger partial charge < -0.3 is 15.1 Å². The van der Waals surface area contributed by atoms with Crippen LogP contribution in [0.5, 0.6) is 0 Å². The molecule has 1 amide bonds. The number of rotatable bonds is 5. The topological polar surface area (TPSA) is 103 Å². The summed E-state index contributed by atoms with van der Waals surface area (Å²) in [5, 5.41) is 5.28. The predicted molar refractivity (Wildman–Crippen MR) is 166 cm³/mol. The molecule has 4 heterocycles. The van der Waals surface area contributed by atoms with E-state index in [-0.39, 0.29) is 17.4 Å². The molecular weight excluding hydrogens is 548 g/mol. The van der Waals surface area contributed by atoms with Gasteiger partial charge in [-0.2, -0.15) is 5.10 Å². The smallest absolute Gasteiger partial charge is 0.231 e. The van der Waals surface area contributed by atoms with Crippen molar-refractivity contribution in [2.24, 2.45) is 5.41 Å². The van der Waals surface area contributed by atoms with Gasteiger partial charge in [-0.1, -0.05) is 74.8 Å². The maximum absolute atomic E-state index is 12.7. The van der Waals surface area contributed by atoms with Crippen molar-refractivity contribution in [1.29, 1.82) is 0 Å². The monoisotopic (exact) mass is 580 g/mol. The third kappa shape index (κ3) is 5.54. The number of anilines is 1. The molecule has 6 rings (SSSR count). The molecule has 0 bridgehead atoms. The zero-order valence-corrected chi connectivity index (χ0v) is 24.7. The second-order valence-electron chi connectivity index (χ2n) is 11.7. The van der Waals surface area contributed by atoms with Crippen molar-refractivity contribution in [3.63, 3.8) is 0 Å². The molecule has 8 nitrogen and oxygen atoms in total. The fourth-order valence-corrected chi connectivity index (χ4v) is 5.54. The lowest BCUT2D eigenvalue weighted by Gasteiger charge is -2.35. The standard InChI is InChI=1S/C33H33ClN6O2/c1-33(2,3)32(41)39-14-12-26(13-15-39)40-20-24(19-37-40)23-17-27(30(35)36-18-23)31-38-28(21-8-5-4-6-9-21)29(42-31)22-10-7-11-25(34)16-22/h4-11,16-20,26H,12-15H2,1-3H3,(H2,35,36). The van der Waals surface area contributed by atoms with Crippen molar-refractivity contribution in [1.82, 2.24) is 24.6 Å². The van der Waals surface area contributed by atoms with Crippen LogP contribution >= 0.6 is 11.6 Å². The van der Waals surface area contributed by atoms with E-state index in [2.05, 4.69) is 10.1 Å². The highest BCUT2D eigenvalue weighted by atomic mass is 35.5. The Balaban J connectivity index is 1.29. The minimum absolute atomic E-state index is 0.197. The second-order valence-corrected chi connectivity index (χ2v) is 12.1. The van der Waals surface area contributed by atoms with E-state index >= 15 is 0 Å². The minimum Gasteiger partial charge on any atom is -0.435 e. The number of amides is 1. The van der Waals surface area contributed by atoms with Gasteiger partial charge in [-0.15, -0.1) is 0 Å². The summed E-state index contributed by atoms with van der Waals surface area (Å²) in [4.78, 5) is 24.0. The average molecular weight is 581 g/mol. The zero-order chi connectivity index (χ0) is 29.4. The van der Waals surface area contributed by atoms with E-state index in [1.807, 2.05) is 103 Å². The molecule has 2 aromatic carbocycles. The summed E-state index contributed by atoms with van der Waals surface area (Å²) >= 11 is 6.31. The molecule has 0 aliphatic carbocycles. The molecule has 5 aromatic rings. The minimum atomic E-state index is -0.370. The molecule has 3 aromatic heterocycles.